The summed E-state index contributed by atoms with van der Waals surface area (Å²) in [5, 5.41) is 3.97. The average Bonchev–Trinajstić information content (AvgIpc) is 2.88. The summed E-state index contributed by atoms with van der Waals surface area (Å²) < 4.78 is 5.17. The molecule has 0 bridgehead atoms. The summed E-state index contributed by atoms with van der Waals surface area (Å²) in [6.07, 6.45) is 4.97. The third-order valence-electron chi connectivity index (χ3n) is 3.16. The van der Waals surface area contributed by atoms with Gasteiger partial charge in [0, 0.05) is 5.92 Å². The lowest BCUT2D eigenvalue weighted by molar-refractivity contribution is 0.347. The molecule has 0 spiro atoms. The first-order chi connectivity index (χ1) is 7.18. The van der Waals surface area contributed by atoms with E-state index in [4.69, 9.17) is 10.3 Å². The fourth-order valence-corrected chi connectivity index (χ4v) is 2.14. The quantitative estimate of drug-likeness (QED) is 0.830. The maximum Gasteiger partial charge on any atom is 0.229 e. The zero-order valence-corrected chi connectivity index (χ0v) is 9.44. The van der Waals surface area contributed by atoms with Crippen LogP contribution >= 0.6 is 0 Å². The van der Waals surface area contributed by atoms with Gasteiger partial charge < -0.3 is 10.3 Å². The van der Waals surface area contributed by atoms with Gasteiger partial charge in [-0.1, -0.05) is 31.8 Å². The van der Waals surface area contributed by atoms with Gasteiger partial charge in [0.05, 0.1) is 6.04 Å². The van der Waals surface area contributed by atoms with Gasteiger partial charge >= 0.3 is 0 Å². The molecule has 0 aliphatic heterocycles. The highest BCUT2D eigenvalue weighted by atomic mass is 16.5. The number of rotatable bonds is 3. The van der Waals surface area contributed by atoms with Gasteiger partial charge in [-0.25, -0.2) is 0 Å². The minimum absolute atomic E-state index is 0.0382. The van der Waals surface area contributed by atoms with E-state index in [0.717, 1.165) is 0 Å². The Balaban J connectivity index is 2.07. The second-order valence-electron chi connectivity index (χ2n) is 4.72. The molecule has 1 unspecified atom stereocenters. The molecule has 0 amide bonds. The van der Waals surface area contributed by atoms with Crippen molar-refractivity contribution in [2.75, 3.05) is 0 Å². The molecule has 0 saturated heterocycles. The number of nitrogens with two attached hydrogens (primary N) is 1. The molecule has 1 heterocycles. The van der Waals surface area contributed by atoms with E-state index in [1.807, 2.05) is 13.8 Å². The van der Waals surface area contributed by atoms with E-state index in [1.165, 1.54) is 25.7 Å². The molecule has 1 aliphatic carbocycles. The van der Waals surface area contributed by atoms with Crippen LogP contribution in [0.15, 0.2) is 4.52 Å². The summed E-state index contributed by atoms with van der Waals surface area (Å²) in [5.41, 5.74) is 6.13. The van der Waals surface area contributed by atoms with Gasteiger partial charge in [-0.2, -0.15) is 4.98 Å². The Morgan fingerprint density at radius 1 is 1.33 bits per heavy atom. The predicted molar refractivity (Wildman–Crippen MR) is 57.3 cm³/mol. The van der Waals surface area contributed by atoms with Gasteiger partial charge in [0.1, 0.15) is 0 Å². The minimum atomic E-state index is -0.0382. The third-order valence-corrected chi connectivity index (χ3v) is 3.16. The molecule has 1 aromatic heterocycles. The first-order valence-corrected chi connectivity index (χ1v) is 5.77. The molecule has 1 aromatic rings. The maximum atomic E-state index is 6.13. The van der Waals surface area contributed by atoms with Gasteiger partial charge in [-0.05, 0) is 18.8 Å². The second kappa shape index (κ2) is 4.31. The van der Waals surface area contributed by atoms with Crippen LogP contribution in [0.2, 0.25) is 0 Å². The van der Waals surface area contributed by atoms with E-state index >= 15 is 0 Å². The minimum Gasteiger partial charge on any atom is -0.339 e. The number of aromatic nitrogens is 2. The standard InChI is InChI=1S/C11H19N3O/c1-7(2)11-13-10(14-15-11)9(12)8-5-3-4-6-8/h7-9H,3-6,12H2,1-2H3. The average molecular weight is 209 g/mol. The van der Waals surface area contributed by atoms with Crippen molar-refractivity contribution in [1.82, 2.24) is 10.1 Å². The summed E-state index contributed by atoms with van der Waals surface area (Å²) in [7, 11) is 0. The van der Waals surface area contributed by atoms with Crippen LogP contribution in [-0.4, -0.2) is 10.1 Å². The lowest BCUT2D eigenvalue weighted by atomic mass is 9.98. The molecule has 2 N–H and O–H groups in total. The molecule has 15 heavy (non-hydrogen) atoms. The van der Waals surface area contributed by atoms with Crippen molar-refractivity contribution >= 4 is 0 Å². The van der Waals surface area contributed by atoms with Crippen molar-refractivity contribution in [2.24, 2.45) is 11.7 Å². The Hall–Kier alpha value is -0.900. The van der Waals surface area contributed by atoms with Crippen molar-refractivity contribution in [2.45, 2.75) is 51.5 Å². The van der Waals surface area contributed by atoms with Crippen LogP contribution in [0.4, 0.5) is 0 Å². The predicted octanol–water partition coefficient (Wildman–Crippen LogP) is 2.38. The fraction of sp³-hybridized carbons (Fsp3) is 0.818. The highest BCUT2D eigenvalue weighted by Gasteiger charge is 2.27. The fourth-order valence-electron chi connectivity index (χ4n) is 2.14. The zero-order valence-electron chi connectivity index (χ0n) is 9.44. The van der Waals surface area contributed by atoms with Crippen LogP contribution in [0.3, 0.4) is 0 Å². The molecular formula is C11H19N3O. The smallest absolute Gasteiger partial charge is 0.229 e. The maximum absolute atomic E-state index is 6.13. The van der Waals surface area contributed by atoms with Gasteiger partial charge in [0.25, 0.3) is 0 Å². The van der Waals surface area contributed by atoms with E-state index in [0.29, 0.717) is 17.6 Å². The first-order valence-electron chi connectivity index (χ1n) is 5.77. The molecule has 0 radical (unpaired) electrons. The monoisotopic (exact) mass is 209 g/mol. The number of nitrogens with zero attached hydrogens (tertiary/aromatic N) is 2. The molecule has 0 aromatic carbocycles. The van der Waals surface area contributed by atoms with Crippen molar-refractivity contribution in [3.05, 3.63) is 11.7 Å². The highest BCUT2D eigenvalue weighted by Crippen LogP contribution is 2.33. The highest BCUT2D eigenvalue weighted by molar-refractivity contribution is 4.98. The Bertz CT molecular complexity index is 315. The van der Waals surface area contributed by atoms with Gasteiger partial charge in [0.15, 0.2) is 5.82 Å². The van der Waals surface area contributed by atoms with Crippen LogP contribution in [0.25, 0.3) is 0 Å². The van der Waals surface area contributed by atoms with E-state index in [-0.39, 0.29) is 12.0 Å². The van der Waals surface area contributed by atoms with E-state index < -0.39 is 0 Å². The molecule has 1 aliphatic rings. The Morgan fingerprint density at radius 3 is 2.53 bits per heavy atom. The molecule has 4 heteroatoms. The summed E-state index contributed by atoms with van der Waals surface area (Å²) in [6.45, 7) is 4.08. The van der Waals surface area contributed by atoms with Crippen molar-refractivity contribution in [3.8, 4) is 0 Å². The largest absolute Gasteiger partial charge is 0.339 e. The van der Waals surface area contributed by atoms with Crippen LogP contribution in [0.5, 0.6) is 0 Å². The molecule has 1 saturated carbocycles. The van der Waals surface area contributed by atoms with Crippen LogP contribution in [0, 0.1) is 5.92 Å². The summed E-state index contributed by atoms with van der Waals surface area (Å²) in [5.74, 6) is 2.20. The zero-order chi connectivity index (χ0) is 10.8. The lowest BCUT2D eigenvalue weighted by Crippen LogP contribution is -2.20. The molecule has 4 nitrogen and oxygen atoms in total. The van der Waals surface area contributed by atoms with Crippen molar-refractivity contribution < 1.29 is 4.52 Å². The third kappa shape index (κ3) is 2.20. The number of hydrogen-bond acceptors (Lipinski definition) is 4. The van der Waals surface area contributed by atoms with Crippen LogP contribution in [-0.2, 0) is 0 Å². The SMILES string of the molecule is CC(C)c1nc(C(N)C2CCCC2)no1. The molecule has 1 atom stereocenters. The van der Waals surface area contributed by atoms with Crippen LogP contribution in [0.1, 0.15) is 63.2 Å². The van der Waals surface area contributed by atoms with Gasteiger partial charge in [-0.15, -0.1) is 0 Å². The lowest BCUT2D eigenvalue weighted by Gasteiger charge is -2.14. The first kappa shape index (κ1) is 10.6. The Kier molecular flexibility index (Phi) is 3.05. The Labute approximate surface area is 90.2 Å². The molecular weight excluding hydrogens is 190 g/mol. The summed E-state index contributed by atoms with van der Waals surface area (Å²) in [6, 6.07) is -0.0382. The van der Waals surface area contributed by atoms with E-state index in [1.54, 1.807) is 0 Å². The van der Waals surface area contributed by atoms with Gasteiger partial charge in [-0.3, -0.25) is 0 Å². The summed E-state index contributed by atoms with van der Waals surface area (Å²) in [4.78, 5) is 4.35. The van der Waals surface area contributed by atoms with Crippen molar-refractivity contribution in [3.63, 3.8) is 0 Å². The number of hydrogen-bond donors (Lipinski definition) is 1. The van der Waals surface area contributed by atoms with E-state index in [9.17, 15) is 0 Å². The topological polar surface area (TPSA) is 64.9 Å². The van der Waals surface area contributed by atoms with Crippen LogP contribution < -0.4 is 5.73 Å². The normalized spacial score (nSPS) is 20.0. The molecule has 84 valence electrons. The second-order valence-corrected chi connectivity index (χ2v) is 4.72. The Morgan fingerprint density at radius 2 is 2.00 bits per heavy atom. The van der Waals surface area contributed by atoms with E-state index in [2.05, 4.69) is 10.1 Å². The summed E-state index contributed by atoms with van der Waals surface area (Å²) >= 11 is 0. The van der Waals surface area contributed by atoms with Crippen molar-refractivity contribution in [1.29, 1.82) is 0 Å². The molecule has 2 rings (SSSR count). The van der Waals surface area contributed by atoms with Gasteiger partial charge in [0.2, 0.25) is 5.89 Å². The molecule has 1 fully saturated rings.